The first-order valence-corrected chi connectivity index (χ1v) is 8.15. The largest absolute Gasteiger partial charge is 0.396 e. The zero-order chi connectivity index (χ0) is 14.9. The number of hydrogen-bond acceptors (Lipinski definition) is 4. The van der Waals surface area contributed by atoms with Crippen LogP contribution >= 0.6 is 11.6 Å². The number of anilines is 1. The summed E-state index contributed by atoms with van der Waals surface area (Å²) in [5.41, 5.74) is 5.18. The Morgan fingerprint density at radius 3 is 2.45 bits per heavy atom. The van der Waals surface area contributed by atoms with Gasteiger partial charge in [0.25, 0.3) is 0 Å². The summed E-state index contributed by atoms with van der Waals surface area (Å²) in [6, 6.07) is 2.31. The summed E-state index contributed by atoms with van der Waals surface area (Å²) < 4.78 is 40.2. The van der Waals surface area contributed by atoms with Crippen molar-refractivity contribution < 1.29 is 12.8 Å². The minimum Gasteiger partial charge on any atom is -0.396 e. The minimum atomic E-state index is -3.90. The maximum Gasteiger partial charge on any atom is 0.246 e. The number of rotatable bonds is 3. The van der Waals surface area contributed by atoms with Gasteiger partial charge in [-0.3, -0.25) is 0 Å². The summed E-state index contributed by atoms with van der Waals surface area (Å²) in [5.74, 6) is -0.938. The topological polar surface area (TPSA) is 66.6 Å². The molecular formula is C12H17ClFN3O2S. The summed E-state index contributed by atoms with van der Waals surface area (Å²) in [6.07, 6.45) is 0. The first-order chi connectivity index (χ1) is 9.36. The van der Waals surface area contributed by atoms with Gasteiger partial charge >= 0.3 is 0 Å². The fourth-order valence-corrected chi connectivity index (χ4v) is 4.03. The maximum atomic E-state index is 14.0. The first kappa shape index (κ1) is 15.5. The van der Waals surface area contributed by atoms with Crippen molar-refractivity contribution in [2.45, 2.75) is 11.8 Å². The van der Waals surface area contributed by atoms with Crippen LogP contribution in [0.25, 0.3) is 0 Å². The molecule has 1 aliphatic rings. The first-order valence-electron chi connectivity index (χ1n) is 6.33. The van der Waals surface area contributed by atoms with Crippen molar-refractivity contribution in [3.8, 4) is 0 Å². The second-order valence-corrected chi connectivity index (χ2v) is 6.99. The molecule has 1 aromatic rings. The summed E-state index contributed by atoms with van der Waals surface area (Å²) >= 11 is 5.77. The summed E-state index contributed by atoms with van der Waals surface area (Å²) in [4.78, 5) is 1.68. The van der Waals surface area contributed by atoms with Crippen LogP contribution in [0, 0.1) is 5.82 Å². The van der Waals surface area contributed by atoms with E-state index in [1.807, 2.05) is 6.92 Å². The van der Waals surface area contributed by atoms with E-state index in [9.17, 15) is 12.8 Å². The third-order valence-electron chi connectivity index (χ3n) is 3.43. The van der Waals surface area contributed by atoms with Gasteiger partial charge in [-0.1, -0.05) is 18.5 Å². The molecule has 1 saturated heterocycles. The van der Waals surface area contributed by atoms with Gasteiger partial charge in [0.2, 0.25) is 10.0 Å². The number of sulfonamides is 1. The molecule has 0 aliphatic carbocycles. The lowest BCUT2D eigenvalue weighted by Gasteiger charge is -2.33. The number of nitrogens with two attached hydrogens (primary N) is 1. The lowest BCUT2D eigenvalue weighted by molar-refractivity contribution is 0.196. The monoisotopic (exact) mass is 321 g/mol. The van der Waals surface area contributed by atoms with E-state index in [1.165, 1.54) is 10.4 Å². The lowest BCUT2D eigenvalue weighted by Crippen LogP contribution is -2.48. The van der Waals surface area contributed by atoms with E-state index in [-0.39, 0.29) is 10.7 Å². The van der Waals surface area contributed by atoms with Crippen molar-refractivity contribution in [3.63, 3.8) is 0 Å². The summed E-state index contributed by atoms with van der Waals surface area (Å²) in [5, 5.41) is 0.106. The Hall–Kier alpha value is -0.890. The molecule has 0 amide bonds. The van der Waals surface area contributed by atoms with Crippen molar-refractivity contribution >= 4 is 27.3 Å². The molecule has 0 bridgehead atoms. The average Bonchev–Trinajstić information content (AvgIpc) is 2.42. The lowest BCUT2D eigenvalue weighted by atomic mass is 10.3. The van der Waals surface area contributed by atoms with Gasteiger partial charge in [0, 0.05) is 31.2 Å². The smallest absolute Gasteiger partial charge is 0.246 e. The van der Waals surface area contributed by atoms with Gasteiger partial charge in [-0.25, -0.2) is 12.8 Å². The van der Waals surface area contributed by atoms with Crippen molar-refractivity contribution in [3.05, 3.63) is 23.0 Å². The molecule has 1 heterocycles. The Morgan fingerprint density at radius 2 is 1.90 bits per heavy atom. The Labute approximate surface area is 123 Å². The molecule has 112 valence electrons. The molecule has 0 radical (unpaired) electrons. The Bertz CT molecular complexity index is 601. The second kappa shape index (κ2) is 5.85. The molecule has 8 heteroatoms. The maximum absolute atomic E-state index is 14.0. The van der Waals surface area contributed by atoms with E-state index in [1.54, 1.807) is 0 Å². The quantitative estimate of drug-likeness (QED) is 0.854. The molecule has 20 heavy (non-hydrogen) atoms. The van der Waals surface area contributed by atoms with E-state index >= 15 is 0 Å². The van der Waals surface area contributed by atoms with E-state index in [0.29, 0.717) is 26.2 Å². The van der Waals surface area contributed by atoms with Gasteiger partial charge in [-0.05, 0) is 18.7 Å². The van der Waals surface area contributed by atoms with Gasteiger partial charge in [0.05, 0.1) is 5.69 Å². The van der Waals surface area contributed by atoms with E-state index in [0.717, 1.165) is 12.6 Å². The van der Waals surface area contributed by atoms with Crippen molar-refractivity contribution in [1.29, 1.82) is 0 Å². The zero-order valence-corrected chi connectivity index (χ0v) is 12.7. The molecule has 0 saturated carbocycles. The number of nitrogens with zero attached hydrogens (tertiary/aromatic N) is 2. The molecule has 2 N–H and O–H groups in total. The van der Waals surface area contributed by atoms with Crippen LogP contribution in [0.2, 0.25) is 5.02 Å². The fourth-order valence-electron chi connectivity index (χ4n) is 2.20. The molecule has 1 aromatic carbocycles. The van der Waals surface area contributed by atoms with Crippen molar-refractivity contribution in [2.24, 2.45) is 0 Å². The van der Waals surface area contributed by atoms with Crippen molar-refractivity contribution in [1.82, 2.24) is 9.21 Å². The second-order valence-electron chi connectivity index (χ2n) is 4.65. The SMILES string of the molecule is CCN1CCN(S(=O)(=O)c2cc(Cl)cc(N)c2F)CC1. The van der Waals surface area contributed by atoms with E-state index in [4.69, 9.17) is 17.3 Å². The van der Waals surface area contributed by atoms with Crippen LogP contribution in [0.1, 0.15) is 6.92 Å². The van der Waals surface area contributed by atoms with Gasteiger partial charge in [-0.2, -0.15) is 4.31 Å². The van der Waals surface area contributed by atoms with Crippen LogP contribution in [0.5, 0.6) is 0 Å². The van der Waals surface area contributed by atoms with Crippen LogP contribution in [-0.2, 0) is 10.0 Å². The van der Waals surface area contributed by atoms with E-state index < -0.39 is 20.7 Å². The average molecular weight is 322 g/mol. The molecule has 0 spiro atoms. The van der Waals surface area contributed by atoms with Crippen LogP contribution in [-0.4, -0.2) is 50.3 Å². The third kappa shape index (κ3) is 2.90. The summed E-state index contributed by atoms with van der Waals surface area (Å²) in [6.45, 7) is 4.82. The van der Waals surface area contributed by atoms with Crippen LogP contribution < -0.4 is 5.73 Å². The Morgan fingerprint density at radius 1 is 1.30 bits per heavy atom. The molecule has 1 fully saturated rings. The molecule has 1 aliphatic heterocycles. The van der Waals surface area contributed by atoms with Gasteiger partial charge in [-0.15, -0.1) is 0 Å². The molecule has 2 rings (SSSR count). The Kier molecular flexibility index (Phi) is 4.53. The van der Waals surface area contributed by atoms with Gasteiger partial charge < -0.3 is 10.6 Å². The standard InChI is InChI=1S/C12H17ClFN3O2S/c1-2-16-3-5-17(6-4-16)20(18,19)11-8-9(13)7-10(15)12(11)14/h7-8H,2-6,15H2,1H3. The minimum absolute atomic E-state index is 0.106. The van der Waals surface area contributed by atoms with Crippen LogP contribution in [0.4, 0.5) is 10.1 Å². The summed E-state index contributed by atoms with van der Waals surface area (Å²) in [7, 11) is -3.90. The highest BCUT2D eigenvalue weighted by Crippen LogP contribution is 2.28. The zero-order valence-electron chi connectivity index (χ0n) is 11.1. The molecular weight excluding hydrogens is 305 g/mol. The predicted molar refractivity (Wildman–Crippen MR) is 76.7 cm³/mol. The highest BCUT2D eigenvalue weighted by molar-refractivity contribution is 7.89. The van der Waals surface area contributed by atoms with E-state index in [2.05, 4.69) is 4.90 Å². The predicted octanol–water partition coefficient (Wildman–Crippen LogP) is 1.39. The molecule has 0 unspecified atom stereocenters. The number of benzene rings is 1. The van der Waals surface area contributed by atoms with Gasteiger partial charge in [0.1, 0.15) is 4.90 Å². The highest BCUT2D eigenvalue weighted by atomic mass is 35.5. The fraction of sp³-hybridized carbons (Fsp3) is 0.500. The molecule has 5 nitrogen and oxygen atoms in total. The third-order valence-corrected chi connectivity index (χ3v) is 5.54. The number of nitrogen functional groups attached to an aromatic ring is 1. The molecule has 0 atom stereocenters. The number of likely N-dealkylation sites (N-methyl/N-ethyl adjacent to an activating group) is 1. The normalized spacial score (nSPS) is 18.4. The number of halogens is 2. The van der Waals surface area contributed by atoms with Crippen LogP contribution in [0.15, 0.2) is 17.0 Å². The van der Waals surface area contributed by atoms with Crippen LogP contribution in [0.3, 0.4) is 0 Å². The Balaban J connectivity index is 2.32. The van der Waals surface area contributed by atoms with Crippen molar-refractivity contribution in [2.75, 3.05) is 38.5 Å². The van der Waals surface area contributed by atoms with Gasteiger partial charge in [0.15, 0.2) is 5.82 Å². The number of hydrogen-bond donors (Lipinski definition) is 1. The highest BCUT2D eigenvalue weighted by Gasteiger charge is 2.31. The number of piperazine rings is 1. The molecule has 0 aromatic heterocycles.